The van der Waals surface area contributed by atoms with Gasteiger partial charge in [0.05, 0.1) is 0 Å². The van der Waals surface area contributed by atoms with E-state index in [0.29, 0.717) is 6.04 Å². The summed E-state index contributed by atoms with van der Waals surface area (Å²) in [6.07, 6.45) is 6.70. The molecule has 2 unspecified atom stereocenters. The first-order valence-electron chi connectivity index (χ1n) is 5.91. The monoisotopic (exact) mass is 219 g/mol. The van der Waals surface area contributed by atoms with E-state index in [1.54, 1.807) is 12.1 Å². The number of nitrogens with one attached hydrogen (secondary N) is 1. The summed E-state index contributed by atoms with van der Waals surface area (Å²) < 4.78 is 12.7. The number of benzene rings is 1. The van der Waals surface area contributed by atoms with Crippen LogP contribution in [0.2, 0.25) is 0 Å². The Hall–Kier alpha value is -1.15. The maximum atomic E-state index is 12.7. The first kappa shape index (κ1) is 11.3. The Morgan fingerprint density at radius 3 is 2.75 bits per heavy atom. The van der Waals surface area contributed by atoms with Crippen LogP contribution in [0.3, 0.4) is 0 Å². The van der Waals surface area contributed by atoms with Crippen LogP contribution in [0, 0.1) is 11.7 Å². The minimum atomic E-state index is -0.179. The molecule has 1 N–H and O–H groups in total. The molecule has 0 amide bonds. The fraction of sp³-hybridized carbons (Fsp3) is 0.429. The molecule has 0 spiro atoms. The molecule has 2 rings (SSSR count). The van der Waals surface area contributed by atoms with Crippen LogP contribution in [0.15, 0.2) is 30.3 Å². The van der Waals surface area contributed by atoms with Gasteiger partial charge < -0.3 is 5.32 Å². The second kappa shape index (κ2) is 5.26. The predicted molar refractivity (Wildman–Crippen MR) is 65.6 cm³/mol. The number of halogens is 1. The zero-order chi connectivity index (χ0) is 11.4. The zero-order valence-corrected chi connectivity index (χ0v) is 9.62. The molecule has 1 saturated heterocycles. The van der Waals surface area contributed by atoms with Gasteiger partial charge in [-0.3, -0.25) is 0 Å². The van der Waals surface area contributed by atoms with Crippen LogP contribution in [0.5, 0.6) is 0 Å². The van der Waals surface area contributed by atoms with Crippen LogP contribution in [-0.4, -0.2) is 12.6 Å². The number of hydrogen-bond acceptors (Lipinski definition) is 1. The smallest absolute Gasteiger partial charge is 0.123 e. The fourth-order valence-electron chi connectivity index (χ4n) is 2.10. The molecule has 16 heavy (non-hydrogen) atoms. The lowest BCUT2D eigenvalue weighted by Crippen LogP contribution is -2.35. The van der Waals surface area contributed by atoms with E-state index >= 15 is 0 Å². The highest BCUT2D eigenvalue weighted by Crippen LogP contribution is 2.16. The van der Waals surface area contributed by atoms with Gasteiger partial charge in [-0.15, -0.1) is 0 Å². The summed E-state index contributed by atoms with van der Waals surface area (Å²) in [6.45, 7) is 3.39. The number of rotatable bonds is 2. The Bertz CT molecular complexity index is 356. The van der Waals surface area contributed by atoms with Crippen molar-refractivity contribution in [2.45, 2.75) is 25.8 Å². The van der Waals surface area contributed by atoms with Crippen LogP contribution in [0.1, 0.15) is 25.3 Å². The molecule has 0 saturated carbocycles. The van der Waals surface area contributed by atoms with Crippen molar-refractivity contribution >= 4 is 6.08 Å². The van der Waals surface area contributed by atoms with Gasteiger partial charge in [0.2, 0.25) is 0 Å². The van der Waals surface area contributed by atoms with Gasteiger partial charge >= 0.3 is 0 Å². The Morgan fingerprint density at radius 1 is 1.31 bits per heavy atom. The molecular formula is C14H18FN. The van der Waals surface area contributed by atoms with Gasteiger partial charge in [0.15, 0.2) is 0 Å². The summed E-state index contributed by atoms with van der Waals surface area (Å²) in [5.74, 6) is 0.616. The van der Waals surface area contributed by atoms with E-state index in [1.165, 1.54) is 25.0 Å². The maximum Gasteiger partial charge on any atom is 0.123 e. The molecule has 1 nitrogen and oxygen atoms in total. The molecule has 1 aromatic carbocycles. The molecule has 86 valence electrons. The number of piperidine rings is 1. The van der Waals surface area contributed by atoms with Gasteiger partial charge in [0.1, 0.15) is 5.82 Å². The van der Waals surface area contributed by atoms with Crippen LogP contribution >= 0.6 is 0 Å². The van der Waals surface area contributed by atoms with Crippen molar-refractivity contribution in [1.82, 2.24) is 5.32 Å². The molecular weight excluding hydrogens is 201 g/mol. The van der Waals surface area contributed by atoms with Gasteiger partial charge in [-0.05, 0) is 43.0 Å². The van der Waals surface area contributed by atoms with Gasteiger partial charge in [-0.2, -0.15) is 0 Å². The summed E-state index contributed by atoms with van der Waals surface area (Å²) >= 11 is 0. The molecule has 1 aromatic rings. The SMILES string of the molecule is CC1CCNC(/C=C/c2ccc(F)cc2)C1. The predicted octanol–water partition coefficient (Wildman–Crippen LogP) is 3.23. The van der Waals surface area contributed by atoms with E-state index < -0.39 is 0 Å². The van der Waals surface area contributed by atoms with Crippen molar-refractivity contribution < 1.29 is 4.39 Å². The number of hydrogen-bond donors (Lipinski definition) is 1. The third-order valence-electron chi connectivity index (χ3n) is 3.09. The molecule has 1 aliphatic rings. The van der Waals surface area contributed by atoms with E-state index in [2.05, 4.69) is 24.4 Å². The average molecular weight is 219 g/mol. The van der Waals surface area contributed by atoms with Crippen LogP contribution in [0.4, 0.5) is 4.39 Å². The van der Waals surface area contributed by atoms with Crippen LogP contribution in [-0.2, 0) is 0 Å². The third-order valence-corrected chi connectivity index (χ3v) is 3.09. The van der Waals surface area contributed by atoms with Gasteiger partial charge in [-0.25, -0.2) is 4.39 Å². The normalized spacial score (nSPS) is 26.1. The molecule has 0 aliphatic carbocycles. The van der Waals surface area contributed by atoms with Crippen molar-refractivity contribution in [2.24, 2.45) is 5.92 Å². The van der Waals surface area contributed by atoms with Crippen molar-refractivity contribution in [1.29, 1.82) is 0 Å². The molecule has 1 fully saturated rings. The summed E-state index contributed by atoms with van der Waals surface area (Å²) in [7, 11) is 0. The van der Waals surface area contributed by atoms with Crippen molar-refractivity contribution in [3.63, 3.8) is 0 Å². The maximum absolute atomic E-state index is 12.7. The molecule has 1 heterocycles. The third kappa shape index (κ3) is 3.17. The highest BCUT2D eigenvalue weighted by Gasteiger charge is 2.15. The van der Waals surface area contributed by atoms with E-state index in [4.69, 9.17) is 0 Å². The van der Waals surface area contributed by atoms with Crippen molar-refractivity contribution in [3.8, 4) is 0 Å². The highest BCUT2D eigenvalue weighted by molar-refractivity contribution is 5.49. The fourth-order valence-corrected chi connectivity index (χ4v) is 2.10. The second-order valence-corrected chi connectivity index (χ2v) is 4.60. The molecule has 2 heteroatoms. The first-order valence-corrected chi connectivity index (χ1v) is 5.91. The highest BCUT2D eigenvalue weighted by atomic mass is 19.1. The van der Waals surface area contributed by atoms with Crippen LogP contribution < -0.4 is 5.32 Å². The van der Waals surface area contributed by atoms with E-state index in [0.717, 1.165) is 18.0 Å². The van der Waals surface area contributed by atoms with E-state index in [9.17, 15) is 4.39 Å². The average Bonchev–Trinajstić information content (AvgIpc) is 2.28. The lowest BCUT2D eigenvalue weighted by atomic mass is 9.94. The van der Waals surface area contributed by atoms with Crippen LogP contribution in [0.25, 0.3) is 6.08 Å². The molecule has 1 aliphatic heterocycles. The minimum absolute atomic E-state index is 0.179. The summed E-state index contributed by atoms with van der Waals surface area (Å²) in [5, 5.41) is 3.47. The Morgan fingerprint density at radius 2 is 2.06 bits per heavy atom. The van der Waals surface area contributed by atoms with E-state index in [-0.39, 0.29) is 5.82 Å². The summed E-state index contributed by atoms with van der Waals surface area (Å²) in [6, 6.07) is 7.07. The molecule has 2 atom stereocenters. The van der Waals surface area contributed by atoms with Gasteiger partial charge in [0.25, 0.3) is 0 Å². The van der Waals surface area contributed by atoms with Crippen molar-refractivity contribution in [3.05, 3.63) is 41.7 Å². The first-order chi connectivity index (χ1) is 7.74. The topological polar surface area (TPSA) is 12.0 Å². The molecule has 0 bridgehead atoms. The Labute approximate surface area is 96.4 Å². The van der Waals surface area contributed by atoms with Gasteiger partial charge in [0, 0.05) is 6.04 Å². The Balaban J connectivity index is 1.95. The Kier molecular flexibility index (Phi) is 3.73. The quantitative estimate of drug-likeness (QED) is 0.805. The molecule has 0 radical (unpaired) electrons. The van der Waals surface area contributed by atoms with E-state index in [1.807, 2.05) is 0 Å². The van der Waals surface area contributed by atoms with Crippen molar-refractivity contribution in [2.75, 3.05) is 6.54 Å². The zero-order valence-electron chi connectivity index (χ0n) is 9.62. The lowest BCUT2D eigenvalue weighted by molar-refractivity contribution is 0.357. The standard InChI is InChI=1S/C14H18FN/c1-11-8-9-16-14(10-11)7-4-12-2-5-13(15)6-3-12/h2-7,11,14,16H,8-10H2,1H3/b7-4+. The summed E-state index contributed by atoms with van der Waals surface area (Å²) in [4.78, 5) is 0. The minimum Gasteiger partial charge on any atom is -0.310 e. The van der Waals surface area contributed by atoms with Gasteiger partial charge in [-0.1, -0.05) is 31.2 Å². The largest absolute Gasteiger partial charge is 0.310 e. The second-order valence-electron chi connectivity index (χ2n) is 4.60. The lowest BCUT2D eigenvalue weighted by Gasteiger charge is -2.25. The summed E-state index contributed by atoms with van der Waals surface area (Å²) in [5.41, 5.74) is 1.06. The molecule has 0 aromatic heterocycles.